The van der Waals surface area contributed by atoms with Crippen molar-refractivity contribution in [3.8, 4) is 0 Å². The van der Waals surface area contributed by atoms with Crippen molar-refractivity contribution in [1.82, 2.24) is 10.2 Å². The number of fused-ring (bicyclic) bond motifs is 2. The molecule has 0 aromatic heterocycles. The number of anilines is 1. The second kappa shape index (κ2) is 13.6. The molecule has 7 atom stereocenters. The number of rotatable bonds is 6. The number of ether oxygens (including phenoxy) is 3. The van der Waals surface area contributed by atoms with E-state index in [4.69, 9.17) is 25.8 Å². The fourth-order valence-corrected chi connectivity index (χ4v) is 7.70. The van der Waals surface area contributed by atoms with E-state index in [2.05, 4.69) is 5.32 Å². The Morgan fingerprint density at radius 2 is 1.85 bits per heavy atom. The van der Waals surface area contributed by atoms with E-state index in [1.165, 1.54) is 16.9 Å². The van der Waals surface area contributed by atoms with Crippen LogP contribution in [0.25, 0.3) is 0 Å². The number of aryl methyl sites for hydroxylation is 1. The van der Waals surface area contributed by atoms with Gasteiger partial charge in [0.05, 0.1) is 42.0 Å². The summed E-state index contributed by atoms with van der Waals surface area (Å²) in [5.41, 5.74) is 0.358. The molecule has 4 aliphatic rings. The van der Waals surface area contributed by atoms with Crippen LogP contribution in [0.4, 0.5) is 5.69 Å². The lowest BCUT2D eigenvalue weighted by molar-refractivity contribution is -0.162. The second-order valence-corrected chi connectivity index (χ2v) is 12.6. The predicted molar refractivity (Wildman–Crippen MR) is 172 cm³/mol. The number of methoxy groups -OCH3 is 1. The lowest BCUT2D eigenvalue weighted by atomic mass is 9.74. The Balaban J connectivity index is 1.47. The third-order valence-corrected chi connectivity index (χ3v) is 9.67. The molecule has 2 aromatic carbocycles. The van der Waals surface area contributed by atoms with Crippen molar-refractivity contribution < 1.29 is 38.5 Å². The zero-order chi connectivity index (χ0) is 33.3. The van der Waals surface area contributed by atoms with Gasteiger partial charge in [0.25, 0.3) is 5.91 Å². The van der Waals surface area contributed by atoms with Crippen molar-refractivity contribution in [2.75, 3.05) is 38.3 Å². The molecule has 12 heteroatoms. The molecule has 2 fully saturated rings. The highest BCUT2D eigenvalue weighted by Crippen LogP contribution is 2.56. The van der Waals surface area contributed by atoms with E-state index in [9.17, 15) is 24.3 Å². The Hall–Kier alpha value is -4.03. The van der Waals surface area contributed by atoms with Gasteiger partial charge in [-0.2, -0.15) is 0 Å². The smallest absolute Gasteiger partial charge is 0.313 e. The van der Waals surface area contributed by atoms with E-state index >= 15 is 0 Å². The molecule has 4 heterocycles. The number of amides is 3. The molecule has 0 unspecified atom stereocenters. The Labute approximate surface area is 278 Å². The van der Waals surface area contributed by atoms with Crippen molar-refractivity contribution in [2.45, 2.75) is 49.7 Å². The molecule has 248 valence electrons. The van der Waals surface area contributed by atoms with Gasteiger partial charge in [-0.3, -0.25) is 19.2 Å². The number of likely N-dealkylation sites (tertiary alicyclic amines) is 1. The molecule has 6 rings (SSSR count). The molecule has 2 aromatic rings. The molecule has 3 amide bonds. The fourth-order valence-electron chi connectivity index (χ4n) is 7.37. The Bertz CT molecular complexity index is 1580. The number of hydrogen-bond acceptors (Lipinski definition) is 8. The number of nitrogens with one attached hydrogen (secondary N) is 1. The summed E-state index contributed by atoms with van der Waals surface area (Å²) in [5, 5.41) is 13.3. The van der Waals surface area contributed by atoms with Gasteiger partial charge >= 0.3 is 5.97 Å². The SMILES string of the molecule is COC[C@H]1NC(=O)CC/C=C\CN(c2c(C)cccc2Cl)C(=O)[C@@H]2N(CCO)C(=O)[C@H]3[C@H](C(=O)O[C@@H]1c1ccccc1)[C@@H]1C=C[C@]23O1. The van der Waals surface area contributed by atoms with Gasteiger partial charge in [-0.15, -0.1) is 0 Å². The number of cyclic esters (lactones) is 1. The zero-order valence-electron chi connectivity index (χ0n) is 26.2. The van der Waals surface area contributed by atoms with E-state index in [1.807, 2.05) is 25.1 Å². The van der Waals surface area contributed by atoms with Crippen LogP contribution in [0.2, 0.25) is 5.02 Å². The normalized spacial score (nSPS) is 31.6. The van der Waals surface area contributed by atoms with Crippen LogP contribution in [0.3, 0.4) is 0 Å². The molecule has 0 saturated carbocycles. The van der Waals surface area contributed by atoms with Gasteiger partial charge in [-0.05, 0) is 30.5 Å². The Morgan fingerprint density at radius 3 is 2.57 bits per heavy atom. The van der Waals surface area contributed by atoms with Crippen LogP contribution in [0.1, 0.15) is 30.1 Å². The van der Waals surface area contributed by atoms with E-state index in [-0.39, 0.29) is 32.0 Å². The summed E-state index contributed by atoms with van der Waals surface area (Å²) in [6, 6.07) is 12.4. The molecule has 4 aliphatic heterocycles. The monoisotopic (exact) mass is 663 g/mol. The highest BCUT2D eigenvalue weighted by Gasteiger charge is 2.73. The van der Waals surface area contributed by atoms with Crippen molar-refractivity contribution >= 4 is 41.0 Å². The van der Waals surface area contributed by atoms with Crippen LogP contribution < -0.4 is 10.2 Å². The Kier molecular flexibility index (Phi) is 9.52. The van der Waals surface area contributed by atoms with Gasteiger partial charge in [0.15, 0.2) is 0 Å². The molecular formula is C35H38ClN3O8. The van der Waals surface area contributed by atoms with Crippen LogP contribution >= 0.6 is 11.6 Å². The molecule has 47 heavy (non-hydrogen) atoms. The van der Waals surface area contributed by atoms with Crippen LogP contribution in [0, 0.1) is 18.8 Å². The van der Waals surface area contributed by atoms with Gasteiger partial charge in [0, 0.05) is 26.6 Å². The summed E-state index contributed by atoms with van der Waals surface area (Å²) in [7, 11) is 1.50. The lowest BCUT2D eigenvalue weighted by Gasteiger charge is -2.36. The number of esters is 1. The van der Waals surface area contributed by atoms with Gasteiger partial charge in [0.1, 0.15) is 23.7 Å². The minimum atomic E-state index is -1.48. The number of carbonyl (C=O) groups excluding carboxylic acids is 4. The third-order valence-electron chi connectivity index (χ3n) is 9.37. The highest BCUT2D eigenvalue weighted by atomic mass is 35.5. The van der Waals surface area contributed by atoms with Crippen LogP contribution in [-0.2, 0) is 33.4 Å². The first-order valence-corrected chi connectivity index (χ1v) is 16.1. The molecule has 1 spiro atoms. The number of allylic oxidation sites excluding steroid dienone is 1. The molecule has 5 bridgehead atoms. The maximum absolute atomic E-state index is 14.8. The topological polar surface area (TPSA) is 135 Å². The largest absolute Gasteiger partial charge is 0.455 e. The number of carbonyl (C=O) groups is 4. The standard InChI is InChI=1S/C35H38ClN3O8/c1-21-10-9-13-23(36)29(21)38-17-8-4-7-14-26(41)37-24(20-45-2)30(22-11-5-3-6-12-22)46-34(44)27-25-15-16-35(47-25)28(27)32(42)39(18-19-40)31(35)33(38)43/h3-6,8-13,15-16,24-25,27-28,30-31,40H,7,14,17-20H2,1-2H3,(H,37,41)/b8-4-/t24-,25+,27-,28-,30-,31+,35-/m1/s1. The quantitative estimate of drug-likeness (QED) is 0.356. The minimum absolute atomic E-state index is 0.0538. The second-order valence-electron chi connectivity index (χ2n) is 12.2. The maximum atomic E-state index is 14.8. The number of aliphatic hydroxyl groups is 1. The summed E-state index contributed by atoms with van der Waals surface area (Å²) < 4.78 is 18.1. The zero-order valence-corrected chi connectivity index (χ0v) is 27.0. The molecule has 0 radical (unpaired) electrons. The maximum Gasteiger partial charge on any atom is 0.313 e. The summed E-state index contributed by atoms with van der Waals surface area (Å²) in [6.45, 7) is 1.43. The van der Waals surface area contributed by atoms with Crippen molar-refractivity contribution in [3.63, 3.8) is 0 Å². The van der Waals surface area contributed by atoms with Crippen molar-refractivity contribution in [1.29, 1.82) is 0 Å². The Morgan fingerprint density at radius 1 is 1.06 bits per heavy atom. The van der Waals surface area contributed by atoms with Crippen LogP contribution in [0.15, 0.2) is 72.8 Å². The number of benzene rings is 2. The summed E-state index contributed by atoms with van der Waals surface area (Å²) in [4.78, 5) is 59.3. The van der Waals surface area contributed by atoms with E-state index in [1.54, 1.807) is 54.6 Å². The van der Waals surface area contributed by atoms with Gasteiger partial charge in [0.2, 0.25) is 11.8 Å². The molecule has 2 saturated heterocycles. The first kappa shape index (κ1) is 32.9. The third kappa shape index (κ3) is 5.86. The molecule has 2 N–H and O–H groups in total. The summed E-state index contributed by atoms with van der Waals surface area (Å²) in [5.74, 6) is -4.10. The first-order valence-electron chi connectivity index (χ1n) is 15.8. The van der Waals surface area contributed by atoms with Crippen molar-refractivity contribution in [3.05, 3.63) is 89.0 Å². The number of hydrogen-bond donors (Lipinski definition) is 2. The number of para-hydroxylation sites is 1. The summed E-state index contributed by atoms with van der Waals surface area (Å²) >= 11 is 6.68. The van der Waals surface area contributed by atoms with E-state index in [0.717, 1.165) is 5.56 Å². The average Bonchev–Trinajstić information content (AvgIpc) is 3.69. The highest BCUT2D eigenvalue weighted by molar-refractivity contribution is 6.34. The number of nitrogens with zero attached hydrogens (tertiary/aromatic N) is 2. The number of halogens is 1. The molecular weight excluding hydrogens is 626 g/mol. The fraction of sp³-hybridized carbons (Fsp3) is 0.429. The predicted octanol–water partition coefficient (Wildman–Crippen LogP) is 2.89. The van der Waals surface area contributed by atoms with E-state index in [0.29, 0.717) is 22.7 Å². The van der Waals surface area contributed by atoms with E-state index < -0.39 is 66.1 Å². The van der Waals surface area contributed by atoms with Crippen molar-refractivity contribution in [2.24, 2.45) is 11.8 Å². The summed E-state index contributed by atoms with van der Waals surface area (Å²) in [6.07, 6.45) is 5.72. The number of β-amino-alcohol motifs (C(OH)–C–C–N with tert-alkyl or cyclic N) is 1. The average molecular weight is 664 g/mol. The van der Waals surface area contributed by atoms with Gasteiger partial charge in [-0.1, -0.05) is 78.4 Å². The number of aliphatic hydroxyl groups excluding tert-OH is 1. The van der Waals surface area contributed by atoms with Crippen LogP contribution in [-0.4, -0.2) is 90.9 Å². The minimum Gasteiger partial charge on any atom is -0.455 e. The lowest BCUT2D eigenvalue weighted by Crippen LogP contribution is -2.56. The molecule has 11 nitrogen and oxygen atoms in total. The first-order chi connectivity index (χ1) is 22.7. The molecule has 0 aliphatic carbocycles. The van der Waals surface area contributed by atoms with Crippen LogP contribution in [0.5, 0.6) is 0 Å². The van der Waals surface area contributed by atoms with Gasteiger partial charge in [-0.25, -0.2) is 0 Å². The van der Waals surface area contributed by atoms with Gasteiger partial charge < -0.3 is 34.4 Å².